The quantitative estimate of drug-likeness (QED) is 0.509. The average Bonchev–Trinajstić information content (AvgIpc) is 3.41. The number of para-hydroxylation sites is 4. The van der Waals surface area contributed by atoms with Gasteiger partial charge in [0, 0.05) is 12.3 Å². The van der Waals surface area contributed by atoms with Crippen LogP contribution in [0.2, 0.25) is 0 Å². The molecular weight excluding hydrogens is 384 g/mol. The highest BCUT2D eigenvalue weighted by Gasteiger charge is 2.27. The van der Waals surface area contributed by atoms with Crippen molar-refractivity contribution in [2.75, 3.05) is 0 Å². The minimum atomic E-state index is 0.306. The first-order chi connectivity index (χ1) is 15.3. The number of hydrogen-bond donors (Lipinski definition) is 2. The molecule has 2 N–H and O–H groups in total. The summed E-state index contributed by atoms with van der Waals surface area (Å²) in [5, 5.41) is 0. The van der Waals surface area contributed by atoms with E-state index in [1.54, 1.807) is 0 Å². The van der Waals surface area contributed by atoms with Gasteiger partial charge in [-0.2, -0.15) is 0 Å². The number of dihydropyridines is 1. The van der Waals surface area contributed by atoms with Crippen molar-refractivity contribution in [2.45, 2.75) is 38.0 Å². The molecule has 0 bridgehead atoms. The third-order valence-corrected chi connectivity index (χ3v) is 6.20. The van der Waals surface area contributed by atoms with E-state index in [2.05, 4.69) is 56.3 Å². The van der Waals surface area contributed by atoms with Crippen LogP contribution in [-0.2, 0) is 13.1 Å². The molecule has 2 unspecified atom stereocenters. The van der Waals surface area contributed by atoms with Gasteiger partial charge in [-0.05, 0) is 48.8 Å². The molecule has 0 amide bonds. The highest BCUT2D eigenvalue weighted by atomic mass is 15.2. The van der Waals surface area contributed by atoms with Gasteiger partial charge in [-0.1, -0.05) is 36.4 Å². The maximum atomic E-state index is 4.83. The number of nitrogens with zero attached hydrogens (tertiary/aromatic N) is 4. The molecule has 6 rings (SSSR count). The van der Waals surface area contributed by atoms with Crippen molar-refractivity contribution in [3.63, 3.8) is 0 Å². The molecule has 4 aromatic rings. The maximum Gasteiger partial charge on any atom is 0.121 e. The Bertz CT molecular complexity index is 1180. The van der Waals surface area contributed by atoms with Crippen LogP contribution in [0, 0.1) is 0 Å². The lowest BCUT2D eigenvalue weighted by atomic mass is 9.89. The number of fused-ring (bicyclic) bond motifs is 3. The number of rotatable bonds is 5. The van der Waals surface area contributed by atoms with Crippen LogP contribution in [0.3, 0.4) is 0 Å². The minimum absolute atomic E-state index is 0.306. The fourth-order valence-corrected chi connectivity index (χ4v) is 4.67. The van der Waals surface area contributed by atoms with E-state index in [1.165, 1.54) is 5.57 Å². The Labute approximate surface area is 180 Å². The third kappa shape index (κ3) is 3.59. The van der Waals surface area contributed by atoms with Gasteiger partial charge in [0.15, 0.2) is 0 Å². The number of benzene rings is 2. The molecule has 2 aliphatic rings. The molecule has 0 saturated carbocycles. The van der Waals surface area contributed by atoms with Gasteiger partial charge in [0.05, 0.1) is 41.2 Å². The monoisotopic (exact) mass is 408 g/mol. The molecule has 2 aromatic heterocycles. The number of aromatic nitrogens is 4. The molecule has 31 heavy (non-hydrogen) atoms. The number of aromatic amines is 2. The zero-order chi connectivity index (χ0) is 20.6. The number of imidazole rings is 2. The normalized spacial score (nSPS) is 20.5. The van der Waals surface area contributed by atoms with Crippen LogP contribution in [0.5, 0.6) is 0 Å². The van der Waals surface area contributed by atoms with E-state index in [1.807, 2.05) is 36.6 Å². The van der Waals surface area contributed by atoms with Crippen molar-refractivity contribution in [1.82, 2.24) is 24.8 Å². The summed E-state index contributed by atoms with van der Waals surface area (Å²) in [6.45, 7) is 1.47. The van der Waals surface area contributed by atoms with Crippen molar-refractivity contribution < 1.29 is 0 Å². The molecule has 3 heterocycles. The van der Waals surface area contributed by atoms with Gasteiger partial charge in [0.2, 0.25) is 0 Å². The summed E-state index contributed by atoms with van der Waals surface area (Å²) in [6, 6.07) is 17.0. The highest BCUT2D eigenvalue weighted by molar-refractivity contribution is 5.76. The number of aliphatic imine (C=N–C) groups is 1. The van der Waals surface area contributed by atoms with E-state index in [9.17, 15) is 0 Å². The van der Waals surface area contributed by atoms with E-state index in [4.69, 9.17) is 9.97 Å². The average molecular weight is 409 g/mol. The van der Waals surface area contributed by atoms with Gasteiger partial charge >= 0.3 is 0 Å². The van der Waals surface area contributed by atoms with E-state index < -0.39 is 0 Å². The van der Waals surface area contributed by atoms with Gasteiger partial charge in [0.1, 0.15) is 11.6 Å². The van der Waals surface area contributed by atoms with Crippen LogP contribution in [0.1, 0.15) is 24.5 Å². The molecule has 6 heteroatoms. The Balaban J connectivity index is 1.33. The number of H-pyrrole nitrogens is 2. The number of nitrogens with one attached hydrogen (secondary N) is 2. The van der Waals surface area contributed by atoms with Crippen molar-refractivity contribution in [1.29, 1.82) is 0 Å². The Morgan fingerprint density at radius 3 is 2.13 bits per heavy atom. The molecule has 154 valence electrons. The zero-order valence-corrected chi connectivity index (χ0v) is 17.2. The van der Waals surface area contributed by atoms with E-state index in [-0.39, 0.29) is 0 Å². The Morgan fingerprint density at radius 2 is 1.48 bits per heavy atom. The SMILES string of the molecule is C1=CC2=CC(N(Cc3nc4ccccc4[nH]3)Cc3nc4ccccc4[nH]3)CCC2N=C1. The number of hydrogen-bond acceptors (Lipinski definition) is 4. The summed E-state index contributed by atoms with van der Waals surface area (Å²) in [7, 11) is 0. The smallest absolute Gasteiger partial charge is 0.121 e. The molecule has 2 aromatic carbocycles. The molecule has 1 aliphatic carbocycles. The molecule has 0 fully saturated rings. The molecule has 0 spiro atoms. The topological polar surface area (TPSA) is 73.0 Å². The first-order valence-corrected chi connectivity index (χ1v) is 10.8. The lowest BCUT2D eigenvalue weighted by Gasteiger charge is -2.34. The molecule has 0 saturated heterocycles. The van der Waals surface area contributed by atoms with Crippen LogP contribution in [-0.4, -0.2) is 43.1 Å². The molecular formula is C25H24N6. The summed E-state index contributed by atoms with van der Waals surface area (Å²) >= 11 is 0. The Hall–Kier alpha value is -3.51. The van der Waals surface area contributed by atoms with Crippen molar-refractivity contribution in [3.8, 4) is 0 Å². The fraction of sp³-hybridized carbons (Fsp3) is 0.240. The van der Waals surface area contributed by atoms with Gasteiger partial charge in [-0.25, -0.2) is 9.97 Å². The molecule has 0 radical (unpaired) electrons. The lowest BCUT2D eigenvalue weighted by molar-refractivity contribution is 0.185. The maximum absolute atomic E-state index is 4.83. The van der Waals surface area contributed by atoms with Crippen molar-refractivity contribution in [2.24, 2.45) is 4.99 Å². The Morgan fingerprint density at radius 1 is 0.839 bits per heavy atom. The molecule has 2 atom stereocenters. The molecule has 1 aliphatic heterocycles. The van der Waals surface area contributed by atoms with Gasteiger partial charge < -0.3 is 9.97 Å². The zero-order valence-electron chi connectivity index (χ0n) is 17.2. The van der Waals surface area contributed by atoms with Gasteiger partial charge in [-0.3, -0.25) is 9.89 Å². The second-order valence-corrected chi connectivity index (χ2v) is 8.29. The van der Waals surface area contributed by atoms with E-state index >= 15 is 0 Å². The van der Waals surface area contributed by atoms with Gasteiger partial charge in [-0.15, -0.1) is 0 Å². The second-order valence-electron chi connectivity index (χ2n) is 8.29. The van der Waals surface area contributed by atoms with E-state index in [0.717, 1.165) is 59.6 Å². The van der Waals surface area contributed by atoms with E-state index in [0.29, 0.717) is 12.1 Å². The van der Waals surface area contributed by atoms with Crippen LogP contribution >= 0.6 is 0 Å². The Kier molecular flexibility index (Phi) is 4.50. The third-order valence-electron chi connectivity index (χ3n) is 6.20. The standard InChI is InChI=1S/C25H24N6/c1-2-8-21-20(7-1)27-24(28-21)15-31(16-25-29-22-9-3-4-10-23(22)30-25)18-11-12-19-17(14-18)6-5-13-26-19/h1-10,13-14,18-19H,11-12,15-16H2,(H,27,28)(H,29,30). The summed E-state index contributed by atoms with van der Waals surface area (Å²) < 4.78 is 0. The first kappa shape index (κ1) is 18.3. The van der Waals surface area contributed by atoms with Gasteiger partial charge in [0.25, 0.3) is 0 Å². The summed E-state index contributed by atoms with van der Waals surface area (Å²) in [5.41, 5.74) is 5.49. The number of allylic oxidation sites excluding steroid dienone is 1. The first-order valence-electron chi connectivity index (χ1n) is 10.8. The predicted octanol–water partition coefficient (Wildman–Crippen LogP) is 4.54. The fourth-order valence-electron chi connectivity index (χ4n) is 4.67. The van der Waals surface area contributed by atoms with Crippen molar-refractivity contribution in [3.05, 3.63) is 84.0 Å². The highest BCUT2D eigenvalue weighted by Crippen LogP contribution is 2.29. The molecule has 6 nitrogen and oxygen atoms in total. The van der Waals surface area contributed by atoms with Crippen LogP contribution < -0.4 is 0 Å². The van der Waals surface area contributed by atoms with Crippen LogP contribution in [0.15, 0.2) is 77.3 Å². The van der Waals surface area contributed by atoms with Crippen LogP contribution in [0.25, 0.3) is 22.1 Å². The predicted molar refractivity (Wildman–Crippen MR) is 124 cm³/mol. The summed E-state index contributed by atoms with van der Waals surface area (Å²) in [4.78, 5) is 23.7. The second kappa shape index (κ2) is 7.63. The summed E-state index contributed by atoms with van der Waals surface area (Å²) in [5.74, 6) is 1.96. The van der Waals surface area contributed by atoms with Crippen molar-refractivity contribution >= 4 is 28.3 Å². The lowest BCUT2D eigenvalue weighted by Crippen LogP contribution is -2.37. The minimum Gasteiger partial charge on any atom is -0.341 e. The largest absolute Gasteiger partial charge is 0.341 e. The summed E-state index contributed by atoms with van der Waals surface area (Å²) in [6.07, 6.45) is 10.7. The van der Waals surface area contributed by atoms with Crippen LogP contribution in [0.4, 0.5) is 0 Å².